The predicted octanol–water partition coefficient (Wildman–Crippen LogP) is 4.18. The summed E-state index contributed by atoms with van der Waals surface area (Å²) in [5, 5.41) is 0.544. The average molecular weight is 439 g/mol. The number of hydrogen-bond acceptors (Lipinski definition) is 5. The third-order valence-electron chi connectivity index (χ3n) is 6.73. The number of hydrogen-bond donors (Lipinski definition) is 0. The van der Waals surface area contributed by atoms with Crippen LogP contribution in [-0.2, 0) is 7.05 Å². The van der Waals surface area contributed by atoms with Crippen LogP contribution in [-0.4, -0.2) is 45.3 Å². The summed E-state index contributed by atoms with van der Waals surface area (Å²) in [6.45, 7) is 2.72. The van der Waals surface area contributed by atoms with E-state index < -0.39 is 5.67 Å². The molecule has 7 nitrogen and oxygen atoms in total. The van der Waals surface area contributed by atoms with Crippen LogP contribution in [0.1, 0.15) is 49.4 Å². The van der Waals surface area contributed by atoms with E-state index in [0.717, 1.165) is 24.3 Å². The molecule has 0 atom stereocenters. The van der Waals surface area contributed by atoms with Crippen molar-refractivity contribution in [3.63, 3.8) is 0 Å². The highest BCUT2D eigenvalue weighted by atomic mass is 19.1. The van der Waals surface area contributed by atoms with Crippen molar-refractivity contribution in [2.24, 2.45) is 7.05 Å². The molecule has 1 aliphatic carbocycles. The molecule has 1 aliphatic heterocycles. The monoisotopic (exact) mass is 438 g/mol. The first-order valence-corrected chi connectivity index (χ1v) is 11.2. The summed E-state index contributed by atoms with van der Waals surface area (Å²) in [6, 6.07) is 9.51. The third kappa shape index (κ3) is 3.67. The highest BCUT2D eigenvalue weighted by molar-refractivity contribution is 5.94. The number of halogens is 1. The van der Waals surface area contributed by atoms with Crippen LogP contribution in [0, 0.1) is 0 Å². The lowest BCUT2D eigenvalue weighted by atomic mass is 9.90. The zero-order valence-electron chi connectivity index (χ0n) is 18.4. The molecular weight excluding hydrogens is 411 g/mol. The lowest BCUT2D eigenvalue weighted by molar-refractivity contribution is 0.0419. The Labute approximate surface area is 185 Å². The lowest BCUT2D eigenvalue weighted by Crippen LogP contribution is -2.44. The fraction of sp³-hybridized carbons (Fsp3) is 0.458. The molecule has 0 radical (unpaired) electrons. The molecule has 1 saturated heterocycles. The summed E-state index contributed by atoms with van der Waals surface area (Å²) in [5.74, 6) is 0.640. The molecule has 2 fully saturated rings. The Kier molecular flexibility index (Phi) is 5.03. The molecule has 8 heteroatoms. The average Bonchev–Trinajstić information content (AvgIpc) is 3.60. The summed E-state index contributed by atoms with van der Waals surface area (Å²) in [6.07, 6.45) is 4.96. The maximum atomic E-state index is 14.5. The van der Waals surface area contributed by atoms with Crippen molar-refractivity contribution in [1.29, 1.82) is 0 Å². The minimum absolute atomic E-state index is 0.104. The zero-order chi connectivity index (χ0) is 22.5. The molecule has 168 valence electrons. The van der Waals surface area contributed by atoms with Crippen molar-refractivity contribution in [1.82, 2.24) is 14.6 Å². The molecule has 1 saturated carbocycles. The number of rotatable bonds is 5. The molecule has 2 aliphatic rings. The maximum Gasteiger partial charge on any atom is 0.290 e. The number of alkyl halides is 1. The Morgan fingerprint density at radius 3 is 2.62 bits per heavy atom. The Balaban J connectivity index is 1.37. The molecule has 3 heterocycles. The van der Waals surface area contributed by atoms with Crippen LogP contribution in [0.15, 0.2) is 45.8 Å². The van der Waals surface area contributed by atoms with Gasteiger partial charge in [-0.3, -0.25) is 9.59 Å². The van der Waals surface area contributed by atoms with E-state index in [1.807, 2.05) is 25.1 Å². The SMILES string of the molecule is CCC1(F)CCN(C(=O)c2ccc(N(c3ccc4c(=O)n(C)oc4c3)C3CC3)nc2)CC1. The van der Waals surface area contributed by atoms with Gasteiger partial charge in [-0.05, 0) is 56.4 Å². The van der Waals surface area contributed by atoms with Crippen LogP contribution in [0.2, 0.25) is 0 Å². The first kappa shape index (κ1) is 20.7. The van der Waals surface area contributed by atoms with Gasteiger partial charge in [0, 0.05) is 44.1 Å². The number of aromatic nitrogens is 2. The van der Waals surface area contributed by atoms with Gasteiger partial charge in [-0.15, -0.1) is 0 Å². The van der Waals surface area contributed by atoms with Crippen molar-refractivity contribution in [2.45, 2.75) is 50.7 Å². The third-order valence-corrected chi connectivity index (χ3v) is 6.73. The Morgan fingerprint density at radius 1 is 1.25 bits per heavy atom. The van der Waals surface area contributed by atoms with Gasteiger partial charge in [-0.1, -0.05) is 6.92 Å². The molecule has 32 heavy (non-hydrogen) atoms. The molecule has 5 rings (SSSR count). The van der Waals surface area contributed by atoms with Crippen LogP contribution in [0.3, 0.4) is 0 Å². The first-order valence-electron chi connectivity index (χ1n) is 11.2. The van der Waals surface area contributed by atoms with E-state index in [1.54, 1.807) is 30.3 Å². The van der Waals surface area contributed by atoms with E-state index in [9.17, 15) is 14.0 Å². The van der Waals surface area contributed by atoms with Crippen molar-refractivity contribution in [3.05, 3.63) is 52.4 Å². The van der Waals surface area contributed by atoms with E-state index >= 15 is 0 Å². The number of aryl methyl sites for hydroxylation is 1. The van der Waals surface area contributed by atoms with E-state index in [-0.39, 0.29) is 11.5 Å². The maximum absolute atomic E-state index is 14.5. The summed E-state index contributed by atoms with van der Waals surface area (Å²) in [7, 11) is 1.59. The summed E-state index contributed by atoms with van der Waals surface area (Å²) >= 11 is 0. The van der Waals surface area contributed by atoms with Crippen LogP contribution in [0.4, 0.5) is 15.9 Å². The summed E-state index contributed by atoms with van der Waals surface area (Å²) < 4.78 is 21.2. The summed E-state index contributed by atoms with van der Waals surface area (Å²) in [4.78, 5) is 33.4. The normalized spacial score (nSPS) is 18.2. The van der Waals surface area contributed by atoms with E-state index in [0.29, 0.717) is 54.9 Å². The van der Waals surface area contributed by atoms with Crippen molar-refractivity contribution in [3.8, 4) is 0 Å². The van der Waals surface area contributed by atoms with Crippen LogP contribution in [0.5, 0.6) is 0 Å². The van der Waals surface area contributed by atoms with Gasteiger partial charge in [0.1, 0.15) is 11.5 Å². The number of likely N-dealkylation sites (tertiary alicyclic amines) is 1. The van der Waals surface area contributed by atoms with Gasteiger partial charge < -0.3 is 14.3 Å². The second-order valence-electron chi connectivity index (χ2n) is 8.88. The number of carbonyl (C=O) groups excluding carboxylic acids is 1. The fourth-order valence-corrected chi connectivity index (χ4v) is 4.44. The molecular formula is C24H27FN4O3. The van der Waals surface area contributed by atoms with Gasteiger partial charge in [0.05, 0.1) is 10.9 Å². The molecule has 0 unspecified atom stereocenters. The number of fused-ring (bicyclic) bond motifs is 1. The number of carbonyl (C=O) groups is 1. The number of nitrogens with zero attached hydrogens (tertiary/aromatic N) is 4. The van der Waals surface area contributed by atoms with Crippen LogP contribution < -0.4 is 10.5 Å². The quantitative estimate of drug-likeness (QED) is 0.598. The van der Waals surface area contributed by atoms with Gasteiger partial charge >= 0.3 is 0 Å². The van der Waals surface area contributed by atoms with Crippen LogP contribution in [0.25, 0.3) is 11.0 Å². The number of anilines is 2. The molecule has 0 N–H and O–H groups in total. The van der Waals surface area contributed by atoms with Gasteiger partial charge in [0.25, 0.3) is 11.5 Å². The largest absolute Gasteiger partial charge is 0.376 e. The molecule has 0 bridgehead atoms. The second-order valence-corrected chi connectivity index (χ2v) is 8.88. The highest BCUT2D eigenvalue weighted by Gasteiger charge is 2.35. The zero-order valence-corrected chi connectivity index (χ0v) is 18.4. The Bertz CT molecular complexity index is 1200. The fourth-order valence-electron chi connectivity index (χ4n) is 4.44. The van der Waals surface area contributed by atoms with Crippen molar-refractivity contribution in [2.75, 3.05) is 18.0 Å². The van der Waals surface area contributed by atoms with Crippen LogP contribution >= 0.6 is 0 Å². The number of benzene rings is 1. The Hall–Kier alpha value is -3.16. The predicted molar refractivity (Wildman–Crippen MR) is 120 cm³/mol. The summed E-state index contributed by atoms with van der Waals surface area (Å²) in [5.41, 5.74) is 0.635. The smallest absolute Gasteiger partial charge is 0.290 e. The van der Waals surface area contributed by atoms with E-state index in [1.165, 1.54) is 4.74 Å². The number of amides is 1. The number of pyridine rings is 1. The molecule has 1 amide bonds. The lowest BCUT2D eigenvalue weighted by Gasteiger charge is -2.35. The van der Waals surface area contributed by atoms with Gasteiger partial charge in [0.15, 0.2) is 5.58 Å². The standard InChI is InChI=1S/C24H27FN4O3/c1-3-24(25)10-12-28(13-11-24)22(30)16-4-9-21(26-15-16)29(17-5-6-17)18-7-8-19-20(14-18)32-27(2)23(19)31/h4,7-9,14-15,17H,3,5-6,10-13H2,1-2H3. The van der Waals surface area contributed by atoms with Gasteiger partial charge in [0.2, 0.25) is 0 Å². The van der Waals surface area contributed by atoms with Crippen molar-refractivity contribution >= 4 is 28.4 Å². The van der Waals surface area contributed by atoms with E-state index in [2.05, 4.69) is 9.88 Å². The van der Waals surface area contributed by atoms with E-state index in [4.69, 9.17) is 4.52 Å². The molecule has 1 aromatic carbocycles. The number of piperidine rings is 1. The minimum atomic E-state index is -1.15. The Morgan fingerprint density at radius 2 is 2.00 bits per heavy atom. The van der Waals surface area contributed by atoms with Gasteiger partial charge in [-0.25, -0.2) is 9.37 Å². The molecule has 2 aromatic heterocycles. The topological polar surface area (TPSA) is 71.6 Å². The molecule has 0 spiro atoms. The second kappa shape index (κ2) is 7.76. The molecule has 3 aromatic rings. The minimum Gasteiger partial charge on any atom is -0.376 e. The van der Waals surface area contributed by atoms with Gasteiger partial charge in [-0.2, -0.15) is 4.74 Å². The first-order chi connectivity index (χ1) is 15.4. The van der Waals surface area contributed by atoms with Crippen molar-refractivity contribution < 1.29 is 13.7 Å². The highest BCUT2D eigenvalue weighted by Crippen LogP contribution is 2.38.